The molecule has 0 saturated carbocycles. The normalized spacial score (nSPS) is 11.6. The summed E-state index contributed by atoms with van der Waals surface area (Å²) in [5.41, 5.74) is 0.647. The molecule has 25 heavy (non-hydrogen) atoms. The fourth-order valence-electron chi connectivity index (χ4n) is 2.12. The van der Waals surface area contributed by atoms with Gasteiger partial charge in [0.25, 0.3) is 5.91 Å². The van der Waals surface area contributed by atoms with E-state index in [1.807, 2.05) is 12.3 Å². The molecule has 0 spiro atoms. The molecule has 0 heterocycles. The number of benzene rings is 1. The standard InChI is InChI=1S/C16H23N3O5S/c1-18(12-6-4-3-5-7-12)19(11-15(21)22)14(20)10-17-13(16(23)24)8-9-25-2/h3-7,13,17H,8-11H2,1-2H3,(H,21,22)(H,23,24)/t13-/m0/s1. The van der Waals surface area contributed by atoms with Gasteiger partial charge in [-0.15, -0.1) is 0 Å². The molecule has 1 amide bonds. The Labute approximate surface area is 150 Å². The molecule has 0 saturated heterocycles. The quantitative estimate of drug-likeness (QED) is 0.490. The van der Waals surface area contributed by atoms with Crippen molar-refractivity contribution in [1.29, 1.82) is 0 Å². The Morgan fingerprint density at radius 1 is 1.20 bits per heavy atom. The lowest BCUT2D eigenvalue weighted by atomic mass is 10.2. The molecule has 138 valence electrons. The molecule has 1 rings (SSSR count). The van der Waals surface area contributed by atoms with Crippen LogP contribution in [0.3, 0.4) is 0 Å². The lowest BCUT2D eigenvalue weighted by Crippen LogP contribution is -2.52. The number of hydrogen-bond donors (Lipinski definition) is 3. The highest BCUT2D eigenvalue weighted by Crippen LogP contribution is 2.14. The smallest absolute Gasteiger partial charge is 0.325 e. The van der Waals surface area contributed by atoms with Gasteiger partial charge >= 0.3 is 11.9 Å². The van der Waals surface area contributed by atoms with Crippen molar-refractivity contribution in [3.8, 4) is 0 Å². The second kappa shape index (κ2) is 10.6. The van der Waals surface area contributed by atoms with Gasteiger partial charge in [-0.05, 0) is 30.6 Å². The molecule has 1 atom stereocenters. The fourth-order valence-corrected chi connectivity index (χ4v) is 2.59. The molecule has 0 fully saturated rings. The Bertz CT molecular complexity index is 584. The molecule has 0 radical (unpaired) electrons. The summed E-state index contributed by atoms with van der Waals surface area (Å²) in [6.07, 6.45) is 2.24. The third-order valence-corrected chi connectivity index (χ3v) is 4.12. The Balaban J connectivity index is 2.79. The molecule has 0 aromatic heterocycles. The van der Waals surface area contributed by atoms with Gasteiger partial charge in [-0.1, -0.05) is 18.2 Å². The summed E-state index contributed by atoms with van der Waals surface area (Å²) in [5.74, 6) is -2.08. The Morgan fingerprint density at radius 3 is 2.36 bits per heavy atom. The number of aliphatic carboxylic acids is 2. The van der Waals surface area contributed by atoms with Crippen LogP contribution in [0, 0.1) is 0 Å². The Hall–Kier alpha value is -2.26. The Morgan fingerprint density at radius 2 is 1.84 bits per heavy atom. The van der Waals surface area contributed by atoms with Crippen LogP contribution in [0.15, 0.2) is 30.3 Å². The van der Waals surface area contributed by atoms with E-state index in [-0.39, 0.29) is 6.54 Å². The number of nitrogens with one attached hydrogen (secondary N) is 1. The van der Waals surface area contributed by atoms with E-state index in [0.717, 1.165) is 5.01 Å². The number of carbonyl (C=O) groups is 3. The van der Waals surface area contributed by atoms with Crippen LogP contribution >= 0.6 is 11.8 Å². The lowest BCUT2D eigenvalue weighted by Gasteiger charge is -2.32. The van der Waals surface area contributed by atoms with Crippen LogP contribution in [-0.2, 0) is 14.4 Å². The van der Waals surface area contributed by atoms with E-state index >= 15 is 0 Å². The summed E-state index contributed by atoms with van der Waals surface area (Å²) in [6, 6.07) is 7.99. The average Bonchev–Trinajstić information content (AvgIpc) is 2.59. The van der Waals surface area contributed by atoms with E-state index < -0.39 is 30.4 Å². The SMILES string of the molecule is CSCC[C@H](NCC(=O)N(CC(=O)O)N(C)c1ccccc1)C(=O)O. The first kappa shape index (κ1) is 20.8. The highest BCUT2D eigenvalue weighted by atomic mass is 32.2. The van der Waals surface area contributed by atoms with E-state index in [9.17, 15) is 19.5 Å². The third-order valence-electron chi connectivity index (χ3n) is 3.47. The van der Waals surface area contributed by atoms with Crippen molar-refractivity contribution in [2.45, 2.75) is 12.5 Å². The van der Waals surface area contributed by atoms with E-state index in [4.69, 9.17) is 5.11 Å². The minimum Gasteiger partial charge on any atom is -0.480 e. The first-order valence-corrected chi connectivity index (χ1v) is 9.02. The molecule has 9 heteroatoms. The summed E-state index contributed by atoms with van der Waals surface area (Å²) < 4.78 is 0. The monoisotopic (exact) mass is 369 g/mol. The van der Waals surface area contributed by atoms with Gasteiger partial charge in [0.05, 0.1) is 12.2 Å². The molecular weight excluding hydrogens is 346 g/mol. The maximum atomic E-state index is 12.5. The number of rotatable bonds is 11. The highest BCUT2D eigenvalue weighted by molar-refractivity contribution is 7.98. The number of hydrazine groups is 1. The molecule has 1 aromatic rings. The van der Waals surface area contributed by atoms with Gasteiger partial charge in [-0.2, -0.15) is 11.8 Å². The van der Waals surface area contributed by atoms with Crippen LogP contribution < -0.4 is 10.3 Å². The minimum absolute atomic E-state index is 0.268. The van der Waals surface area contributed by atoms with Crippen molar-refractivity contribution in [1.82, 2.24) is 10.3 Å². The van der Waals surface area contributed by atoms with Crippen molar-refractivity contribution >= 4 is 35.3 Å². The molecule has 3 N–H and O–H groups in total. The number of carboxylic acid groups (broad SMARTS) is 2. The predicted molar refractivity (Wildman–Crippen MR) is 96.6 cm³/mol. The van der Waals surface area contributed by atoms with Gasteiger partial charge in [0, 0.05) is 7.05 Å². The molecule has 0 unspecified atom stereocenters. The molecule has 0 aliphatic rings. The van der Waals surface area contributed by atoms with E-state index in [2.05, 4.69) is 5.32 Å². The summed E-state index contributed by atoms with van der Waals surface area (Å²) in [4.78, 5) is 34.8. The number of anilines is 1. The first-order chi connectivity index (χ1) is 11.9. The maximum absolute atomic E-state index is 12.5. The van der Waals surface area contributed by atoms with Crippen molar-refractivity contribution < 1.29 is 24.6 Å². The highest BCUT2D eigenvalue weighted by Gasteiger charge is 2.24. The maximum Gasteiger partial charge on any atom is 0.325 e. The summed E-state index contributed by atoms with van der Waals surface area (Å²) in [5, 5.41) is 23.5. The molecule has 8 nitrogen and oxygen atoms in total. The van der Waals surface area contributed by atoms with E-state index in [0.29, 0.717) is 17.9 Å². The second-order valence-corrected chi connectivity index (χ2v) is 6.24. The largest absolute Gasteiger partial charge is 0.480 e. The zero-order valence-corrected chi connectivity index (χ0v) is 15.0. The number of nitrogens with zero attached hydrogens (tertiary/aromatic N) is 2. The van der Waals surface area contributed by atoms with Crippen molar-refractivity contribution in [2.24, 2.45) is 0 Å². The van der Waals surface area contributed by atoms with Crippen molar-refractivity contribution in [3.05, 3.63) is 30.3 Å². The average molecular weight is 369 g/mol. The topological polar surface area (TPSA) is 110 Å². The van der Waals surface area contributed by atoms with Gasteiger partial charge < -0.3 is 10.2 Å². The van der Waals surface area contributed by atoms with Gasteiger partial charge in [-0.25, -0.2) is 5.01 Å². The summed E-state index contributed by atoms with van der Waals surface area (Å²) in [6.45, 7) is -0.787. The first-order valence-electron chi connectivity index (χ1n) is 7.62. The third kappa shape index (κ3) is 7.02. The van der Waals surface area contributed by atoms with E-state index in [1.54, 1.807) is 31.3 Å². The van der Waals surface area contributed by atoms with Crippen LogP contribution in [0.5, 0.6) is 0 Å². The second-order valence-electron chi connectivity index (χ2n) is 5.26. The minimum atomic E-state index is -1.16. The molecule has 0 aliphatic heterocycles. The van der Waals surface area contributed by atoms with Crippen LogP contribution in [0.25, 0.3) is 0 Å². The number of carboxylic acids is 2. The van der Waals surface area contributed by atoms with Crippen molar-refractivity contribution in [3.63, 3.8) is 0 Å². The van der Waals surface area contributed by atoms with Crippen LogP contribution in [0.4, 0.5) is 5.69 Å². The van der Waals surface area contributed by atoms with Crippen LogP contribution in [-0.4, -0.2) is 71.3 Å². The summed E-state index contributed by atoms with van der Waals surface area (Å²) in [7, 11) is 1.58. The molecule has 1 aromatic carbocycles. The zero-order valence-electron chi connectivity index (χ0n) is 14.2. The molecule has 0 aliphatic carbocycles. The number of thioether (sulfide) groups is 1. The van der Waals surface area contributed by atoms with Gasteiger partial charge in [0.1, 0.15) is 12.6 Å². The lowest BCUT2D eigenvalue weighted by molar-refractivity contribution is -0.145. The predicted octanol–water partition coefficient (Wildman–Crippen LogP) is 0.747. The van der Waals surface area contributed by atoms with E-state index in [1.165, 1.54) is 16.8 Å². The van der Waals surface area contributed by atoms with Gasteiger partial charge in [-0.3, -0.25) is 24.7 Å². The summed E-state index contributed by atoms with van der Waals surface area (Å²) >= 11 is 1.51. The van der Waals surface area contributed by atoms with Crippen LogP contribution in [0.2, 0.25) is 0 Å². The van der Waals surface area contributed by atoms with Gasteiger partial charge in [0.15, 0.2) is 0 Å². The number of carbonyl (C=O) groups excluding carboxylic acids is 1. The number of para-hydroxylation sites is 1. The van der Waals surface area contributed by atoms with Gasteiger partial charge in [0.2, 0.25) is 0 Å². The fraction of sp³-hybridized carbons (Fsp3) is 0.438. The molecule has 0 bridgehead atoms. The van der Waals surface area contributed by atoms with Crippen LogP contribution in [0.1, 0.15) is 6.42 Å². The zero-order chi connectivity index (χ0) is 18.8. The Kier molecular flexibility index (Phi) is 8.79. The number of amides is 1. The van der Waals surface area contributed by atoms with Crippen molar-refractivity contribution in [2.75, 3.05) is 37.2 Å². The molecular formula is C16H23N3O5S. The number of hydrogen-bond acceptors (Lipinski definition) is 6.